The summed E-state index contributed by atoms with van der Waals surface area (Å²) in [5, 5.41) is 4.47. The molecule has 2 heterocycles. The van der Waals surface area contributed by atoms with Crippen LogP contribution >= 0.6 is 38.5 Å². The van der Waals surface area contributed by atoms with E-state index in [9.17, 15) is 0 Å². The van der Waals surface area contributed by atoms with Gasteiger partial charge in [0, 0.05) is 6.20 Å². The maximum atomic E-state index is 6.28. The molecule has 1 unspecified atom stereocenters. The fraction of sp³-hybridized carbons (Fsp3) is 0.750. The van der Waals surface area contributed by atoms with Gasteiger partial charge in [-0.3, -0.25) is 4.68 Å². The number of hydrogen-bond donors (Lipinski definition) is 0. The van der Waals surface area contributed by atoms with E-state index in [1.165, 1.54) is 38.5 Å². The summed E-state index contributed by atoms with van der Waals surface area (Å²) in [5.41, 5.74) is 0.238. The lowest BCUT2D eigenvalue weighted by molar-refractivity contribution is -0.0429. The Kier molecular flexibility index (Phi) is 3.51. The smallest absolute Gasteiger partial charge is 0.137 e. The average Bonchev–Trinajstić information content (AvgIpc) is 2.96. The van der Waals surface area contributed by atoms with E-state index in [-0.39, 0.29) is 5.60 Å². The SMILES string of the molecule is Brc1cn(CC2CCC3(CCCC3)O2)nc1I. The van der Waals surface area contributed by atoms with E-state index in [0.717, 1.165) is 14.7 Å². The Labute approximate surface area is 124 Å². The van der Waals surface area contributed by atoms with Crippen molar-refractivity contribution in [1.29, 1.82) is 0 Å². The van der Waals surface area contributed by atoms with Gasteiger partial charge in [0.2, 0.25) is 0 Å². The molecule has 2 fully saturated rings. The predicted molar refractivity (Wildman–Crippen MR) is 78.0 cm³/mol. The second-order valence-corrected chi connectivity index (χ2v) is 7.03. The van der Waals surface area contributed by atoms with Crippen molar-refractivity contribution < 1.29 is 4.74 Å². The minimum absolute atomic E-state index is 0.238. The van der Waals surface area contributed by atoms with Crippen LogP contribution in [-0.2, 0) is 11.3 Å². The summed E-state index contributed by atoms with van der Waals surface area (Å²) in [4.78, 5) is 0. The molecule has 1 aliphatic heterocycles. The monoisotopic (exact) mass is 410 g/mol. The van der Waals surface area contributed by atoms with Crippen molar-refractivity contribution in [3.63, 3.8) is 0 Å². The third-order valence-corrected chi connectivity index (χ3v) is 6.04. The predicted octanol–water partition coefficient (Wildman–Crippen LogP) is 3.74. The van der Waals surface area contributed by atoms with Crippen molar-refractivity contribution in [2.24, 2.45) is 0 Å². The largest absolute Gasteiger partial charge is 0.370 e. The minimum Gasteiger partial charge on any atom is -0.370 e. The molecule has 17 heavy (non-hydrogen) atoms. The van der Waals surface area contributed by atoms with E-state index in [1.807, 2.05) is 10.9 Å². The molecule has 0 amide bonds. The molecule has 0 N–H and O–H groups in total. The van der Waals surface area contributed by atoms with Crippen molar-refractivity contribution in [2.75, 3.05) is 0 Å². The third-order valence-electron chi connectivity index (χ3n) is 3.92. The van der Waals surface area contributed by atoms with Crippen LogP contribution < -0.4 is 0 Å². The highest BCUT2D eigenvalue weighted by molar-refractivity contribution is 14.1. The lowest BCUT2D eigenvalue weighted by Crippen LogP contribution is -2.26. The Morgan fingerprint density at radius 1 is 1.47 bits per heavy atom. The van der Waals surface area contributed by atoms with Crippen LogP contribution in [0.25, 0.3) is 0 Å². The van der Waals surface area contributed by atoms with Crippen molar-refractivity contribution in [1.82, 2.24) is 9.78 Å². The number of rotatable bonds is 2. The molecular formula is C12H16BrIN2O. The molecule has 0 bridgehead atoms. The van der Waals surface area contributed by atoms with Gasteiger partial charge in [-0.15, -0.1) is 0 Å². The molecule has 1 aliphatic carbocycles. The summed E-state index contributed by atoms with van der Waals surface area (Å²) >= 11 is 5.74. The van der Waals surface area contributed by atoms with Crippen LogP contribution in [0.4, 0.5) is 0 Å². The van der Waals surface area contributed by atoms with Crippen LogP contribution in [0.3, 0.4) is 0 Å². The molecule has 0 radical (unpaired) electrons. The van der Waals surface area contributed by atoms with Gasteiger partial charge in [0.05, 0.1) is 22.7 Å². The number of aromatic nitrogens is 2. The van der Waals surface area contributed by atoms with Crippen LogP contribution in [-0.4, -0.2) is 21.5 Å². The topological polar surface area (TPSA) is 27.1 Å². The lowest BCUT2D eigenvalue weighted by atomic mass is 9.98. The van der Waals surface area contributed by atoms with Gasteiger partial charge in [0.15, 0.2) is 0 Å². The van der Waals surface area contributed by atoms with E-state index < -0.39 is 0 Å². The van der Waals surface area contributed by atoms with Gasteiger partial charge in [0.1, 0.15) is 3.70 Å². The molecule has 1 aromatic heterocycles. The molecule has 1 spiro atoms. The van der Waals surface area contributed by atoms with Crippen molar-refractivity contribution >= 4 is 38.5 Å². The molecule has 3 nitrogen and oxygen atoms in total. The molecule has 3 rings (SSSR count). The molecule has 1 saturated carbocycles. The van der Waals surface area contributed by atoms with Gasteiger partial charge >= 0.3 is 0 Å². The first-order valence-electron chi connectivity index (χ1n) is 6.23. The first-order valence-corrected chi connectivity index (χ1v) is 8.10. The summed E-state index contributed by atoms with van der Waals surface area (Å²) in [6.45, 7) is 0.892. The van der Waals surface area contributed by atoms with Crippen LogP contribution in [0.2, 0.25) is 0 Å². The summed E-state index contributed by atoms with van der Waals surface area (Å²) in [7, 11) is 0. The first kappa shape index (κ1) is 12.4. The summed E-state index contributed by atoms with van der Waals surface area (Å²) in [5.74, 6) is 0. The zero-order valence-electron chi connectivity index (χ0n) is 9.66. The van der Waals surface area contributed by atoms with E-state index in [2.05, 4.69) is 43.6 Å². The van der Waals surface area contributed by atoms with Crippen LogP contribution in [0.15, 0.2) is 10.7 Å². The third kappa shape index (κ3) is 2.56. The van der Waals surface area contributed by atoms with E-state index in [4.69, 9.17) is 4.74 Å². The van der Waals surface area contributed by atoms with Crippen LogP contribution in [0.1, 0.15) is 38.5 Å². The normalized spacial score (nSPS) is 27.1. The molecule has 1 atom stereocenters. The Hall–Kier alpha value is 0.380. The molecule has 5 heteroatoms. The number of halogens is 2. The summed E-state index contributed by atoms with van der Waals surface area (Å²) in [6.07, 6.45) is 10.1. The van der Waals surface area contributed by atoms with Crippen molar-refractivity contribution in [3.05, 3.63) is 14.4 Å². The van der Waals surface area contributed by atoms with Gasteiger partial charge in [-0.05, 0) is 64.2 Å². The Bertz CT molecular complexity index is 395. The molecule has 1 aromatic rings. The molecular weight excluding hydrogens is 395 g/mol. The zero-order valence-corrected chi connectivity index (χ0v) is 13.4. The standard InChI is InChI=1S/C12H16BrIN2O/c13-10-8-16(15-11(10)14)7-9-3-6-12(17-9)4-1-2-5-12/h8-9H,1-7H2. The van der Waals surface area contributed by atoms with Gasteiger partial charge in [0.25, 0.3) is 0 Å². The second-order valence-electron chi connectivity index (χ2n) is 5.16. The van der Waals surface area contributed by atoms with E-state index >= 15 is 0 Å². The maximum Gasteiger partial charge on any atom is 0.137 e. The highest BCUT2D eigenvalue weighted by atomic mass is 127. The van der Waals surface area contributed by atoms with Gasteiger partial charge in [-0.1, -0.05) is 12.8 Å². The minimum atomic E-state index is 0.238. The zero-order chi connectivity index (χ0) is 11.9. The molecule has 2 aliphatic rings. The van der Waals surface area contributed by atoms with Crippen LogP contribution in [0, 0.1) is 3.70 Å². The van der Waals surface area contributed by atoms with Crippen molar-refractivity contribution in [2.45, 2.75) is 56.8 Å². The molecule has 0 aromatic carbocycles. The first-order chi connectivity index (χ1) is 8.17. The highest BCUT2D eigenvalue weighted by Gasteiger charge is 2.42. The molecule has 1 saturated heterocycles. The summed E-state index contributed by atoms with van der Waals surface area (Å²) < 4.78 is 10.4. The number of ether oxygens (including phenoxy) is 1. The Morgan fingerprint density at radius 3 is 2.88 bits per heavy atom. The highest BCUT2D eigenvalue weighted by Crippen LogP contribution is 2.43. The number of nitrogens with zero attached hydrogens (tertiary/aromatic N) is 2. The van der Waals surface area contributed by atoms with Crippen LogP contribution in [0.5, 0.6) is 0 Å². The van der Waals surface area contributed by atoms with Gasteiger partial charge < -0.3 is 4.74 Å². The van der Waals surface area contributed by atoms with Crippen molar-refractivity contribution in [3.8, 4) is 0 Å². The quantitative estimate of drug-likeness (QED) is 0.694. The second kappa shape index (κ2) is 4.81. The van der Waals surface area contributed by atoms with E-state index in [1.54, 1.807) is 0 Å². The van der Waals surface area contributed by atoms with Gasteiger partial charge in [-0.25, -0.2) is 0 Å². The Balaban J connectivity index is 1.63. The van der Waals surface area contributed by atoms with Gasteiger partial charge in [-0.2, -0.15) is 5.10 Å². The number of hydrogen-bond acceptors (Lipinski definition) is 2. The maximum absolute atomic E-state index is 6.28. The Morgan fingerprint density at radius 2 is 2.24 bits per heavy atom. The fourth-order valence-corrected chi connectivity index (χ4v) is 3.82. The summed E-state index contributed by atoms with van der Waals surface area (Å²) in [6, 6.07) is 0. The van der Waals surface area contributed by atoms with E-state index in [0.29, 0.717) is 6.10 Å². The lowest BCUT2D eigenvalue weighted by Gasteiger charge is -2.23. The fourth-order valence-electron chi connectivity index (χ4n) is 3.09. The molecule has 94 valence electrons. The average molecular weight is 411 g/mol.